The van der Waals surface area contributed by atoms with Gasteiger partial charge in [-0.15, -0.1) is 0 Å². The molecule has 94 valence electrons. The van der Waals surface area contributed by atoms with Crippen LogP contribution in [0.3, 0.4) is 0 Å². The number of hydrogen-bond acceptors (Lipinski definition) is 3. The molecular weight excluding hydrogens is 228 g/mol. The molecule has 1 atom stereocenters. The molecule has 0 bridgehead atoms. The number of esters is 1. The zero-order valence-electron chi connectivity index (χ0n) is 10.5. The second kappa shape index (κ2) is 3.85. The van der Waals surface area contributed by atoms with E-state index in [1.165, 1.54) is 18.1 Å². The summed E-state index contributed by atoms with van der Waals surface area (Å²) in [5.74, 6) is -0.210. The van der Waals surface area contributed by atoms with Crippen molar-refractivity contribution in [2.45, 2.75) is 25.4 Å². The maximum Gasteiger partial charge on any atom is 0.326 e. The van der Waals surface area contributed by atoms with Gasteiger partial charge in [0.15, 0.2) is 0 Å². The molecule has 0 saturated carbocycles. The summed E-state index contributed by atoms with van der Waals surface area (Å²) >= 11 is 0. The number of fused-ring (bicyclic) bond motifs is 3. The monoisotopic (exact) mass is 244 g/mol. The van der Waals surface area contributed by atoms with Crippen LogP contribution in [0.1, 0.15) is 18.2 Å². The highest BCUT2D eigenvalue weighted by molar-refractivity contribution is 5.88. The van der Waals surface area contributed by atoms with Crippen LogP contribution in [0.4, 0.5) is 0 Å². The van der Waals surface area contributed by atoms with Crippen LogP contribution in [0.25, 0.3) is 10.9 Å². The van der Waals surface area contributed by atoms with E-state index in [0.717, 1.165) is 11.2 Å². The molecule has 18 heavy (non-hydrogen) atoms. The molecule has 1 unspecified atom stereocenters. The average Bonchev–Trinajstić information content (AvgIpc) is 2.75. The lowest BCUT2D eigenvalue weighted by atomic mass is 9.88. The summed E-state index contributed by atoms with van der Waals surface area (Å²) in [5.41, 5.74) is 2.88. The summed E-state index contributed by atoms with van der Waals surface area (Å²) in [7, 11) is 1.43. The van der Waals surface area contributed by atoms with E-state index in [4.69, 9.17) is 4.74 Å². The Morgan fingerprint density at radius 3 is 2.94 bits per heavy atom. The number of aromatic amines is 1. The Kier molecular flexibility index (Phi) is 2.41. The van der Waals surface area contributed by atoms with Gasteiger partial charge in [0, 0.05) is 29.6 Å². The summed E-state index contributed by atoms with van der Waals surface area (Å²) in [4.78, 5) is 15.3. The van der Waals surface area contributed by atoms with Gasteiger partial charge in [-0.1, -0.05) is 18.2 Å². The number of para-hydroxylation sites is 1. The highest BCUT2D eigenvalue weighted by atomic mass is 16.5. The molecule has 0 amide bonds. The first-order chi connectivity index (χ1) is 8.64. The number of rotatable bonds is 1. The van der Waals surface area contributed by atoms with E-state index in [1.54, 1.807) is 0 Å². The largest absolute Gasteiger partial charge is 0.468 e. The second-order valence-electron chi connectivity index (χ2n) is 4.98. The molecule has 3 rings (SSSR count). The number of benzene rings is 1. The van der Waals surface area contributed by atoms with Crippen molar-refractivity contribution in [3.8, 4) is 0 Å². The van der Waals surface area contributed by atoms with Crippen LogP contribution in [0.2, 0.25) is 0 Å². The van der Waals surface area contributed by atoms with Gasteiger partial charge in [-0.2, -0.15) is 0 Å². The molecule has 0 spiro atoms. The first-order valence-electron chi connectivity index (χ1n) is 6.06. The van der Waals surface area contributed by atoms with E-state index in [-0.39, 0.29) is 5.97 Å². The Balaban J connectivity index is 2.09. The van der Waals surface area contributed by atoms with Gasteiger partial charge in [-0.3, -0.25) is 10.1 Å². The van der Waals surface area contributed by atoms with Gasteiger partial charge in [0.2, 0.25) is 0 Å². The average molecular weight is 244 g/mol. The van der Waals surface area contributed by atoms with Gasteiger partial charge in [0.25, 0.3) is 0 Å². The molecule has 2 heterocycles. The van der Waals surface area contributed by atoms with Crippen LogP contribution in [0, 0.1) is 0 Å². The smallest absolute Gasteiger partial charge is 0.326 e. The van der Waals surface area contributed by atoms with Crippen molar-refractivity contribution in [1.29, 1.82) is 0 Å². The van der Waals surface area contributed by atoms with E-state index >= 15 is 0 Å². The van der Waals surface area contributed by atoms with Crippen LogP contribution in [-0.2, 0) is 22.5 Å². The summed E-state index contributed by atoms with van der Waals surface area (Å²) in [6.45, 7) is 2.55. The summed E-state index contributed by atoms with van der Waals surface area (Å²) in [6.07, 6.45) is 0.652. The van der Waals surface area contributed by atoms with Crippen molar-refractivity contribution in [3.63, 3.8) is 0 Å². The minimum Gasteiger partial charge on any atom is -0.468 e. The van der Waals surface area contributed by atoms with Crippen LogP contribution >= 0.6 is 0 Å². The Morgan fingerprint density at radius 1 is 1.39 bits per heavy atom. The standard InChI is InChI=1S/C14H16N2O2/c1-14(13(17)18-2)7-10-9-5-3-4-6-11(9)16-12(10)8-15-14/h3-6,15-16H,7-8H2,1-2H3. The lowest BCUT2D eigenvalue weighted by Crippen LogP contribution is -2.53. The molecule has 2 aromatic rings. The fraction of sp³-hybridized carbons (Fsp3) is 0.357. The Hall–Kier alpha value is -1.81. The molecule has 4 heteroatoms. The number of ether oxygens (including phenoxy) is 1. The zero-order chi connectivity index (χ0) is 12.8. The maximum atomic E-state index is 11.9. The van der Waals surface area contributed by atoms with Crippen LogP contribution < -0.4 is 5.32 Å². The van der Waals surface area contributed by atoms with Gasteiger partial charge in [-0.05, 0) is 18.6 Å². The van der Waals surface area contributed by atoms with Crippen molar-refractivity contribution >= 4 is 16.9 Å². The third-order valence-corrected chi connectivity index (χ3v) is 3.72. The quantitative estimate of drug-likeness (QED) is 0.751. The first-order valence-corrected chi connectivity index (χ1v) is 6.06. The molecule has 1 aliphatic heterocycles. The van der Waals surface area contributed by atoms with Gasteiger partial charge in [-0.25, -0.2) is 0 Å². The lowest BCUT2D eigenvalue weighted by molar-refractivity contribution is -0.148. The Bertz CT molecular complexity index is 617. The number of aromatic nitrogens is 1. The summed E-state index contributed by atoms with van der Waals surface area (Å²) in [6, 6.07) is 8.18. The zero-order valence-corrected chi connectivity index (χ0v) is 10.5. The first kappa shape index (κ1) is 11.3. The molecule has 0 aliphatic carbocycles. The van der Waals surface area contributed by atoms with Gasteiger partial charge < -0.3 is 9.72 Å². The van der Waals surface area contributed by atoms with E-state index in [0.29, 0.717) is 13.0 Å². The second-order valence-corrected chi connectivity index (χ2v) is 4.98. The molecule has 1 aromatic heterocycles. The summed E-state index contributed by atoms with van der Waals surface area (Å²) in [5, 5.41) is 4.46. The fourth-order valence-corrected chi connectivity index (χ4v) is 2.68. The van der Waals surface area contributed by atoms with Crippen molar-refractivity contribution in [3.05, 3.63) is 35.5 Å². The SMILES string of the molecule is COC(=O)C1(C)Cc2c([nH]c3ccccc23)CN1. The van der Waals surface area contributed by atoms with E-state index in [1.807, 2.05) is 19.1 Å². The van der Waals surface area contributed by atoms with E-state index in [2.05, 4.69) is 22.4 Å². The molecule has 2 N–H and O–H groups in total. The number of hydrogen-bond donors (Lipinski definition) is 2. The number of carbonyl (C=O) groups excluding carboxylic acids is 1. The van der Waals surface area contributed by atoms with Crippen LogP contribution in [-0.4, -0.2) is 23.6 Å². The van der Waals surface area contributed by atoms with Crippen LogP contribution in [0.5, 0.6) is 0 Å². The molecule has 1 aliphatic rings. The normalized spacial score (nSPS) is 22.8. The van der Waals surface area contributed by atoms with Crippen LogP contribution in [0.15, 0.2) is 24.3 Å². The Labute approximate surface area is 105 Å². The van der Waals surface area contributed by atoms with Crippen molar-refractivity contribution in [2.24, 2.45) is 0 Å². The molecule has 0 radical (unpaired) electrons. The highest BCUT2D eigenvalue weighted by Crippen LogP contribution is 2.30. The third-order valence-electron chi connectivity index (χ3n) is 3.72. The molecule has 0 fully saturated rings. The van der Waals surface area contributed by atoms with Gasteiger partial charge in [0.1, 0.15) is 5.54 Å². The molecule has 4 nitrogen and oxygen atoms in total. The summed E-state index contributed by atoms with van der Waals surface area (Å²) < 4.78 is 4.88. The van der Waals surface area contributed by atoms with Gasteiger partial charge in [0.05, 0.1) is 7.11 Å². The minimum atomic E-state index is -0.632. The predicted octanol–water partition coefficient (Wildman–Crippen LogP) is 1.75. The van der Waals surface area contributed by atoms with Crippen molar-refractivity contribution in [2.75, 3.05) is 7.11 Å². The number of H-pyrrole nitrogens is 1. The maximum absolute atomic E-state index is 11.9. The molecular formula is C14H16N2O2. The minimum absolute atomic E-state index is 0.210. The molecule has 1 aromatic carbocycles. The predicted molar refractivity (Wildman–Crippen MR) is 69.3 cm³/mol. The van der Waals surface area contributed by atoms with Crippen molar-refractivity contribution in [1.82, 2.24) is 10.3 Å². The van der Waals surface area contributed by atoms with Crippen molar-refractivity contribution < 1.29 is 9.53 Å². The number of methoxy groups -OCH3 is 1. The highest BCUT2D eigenvalue weighted by Gasteiger charge is 2.38. The molecule has 0 saturated heterocycles. The fourth-order valence-electron chi connectivity index (χ4n) is 2.68. The third kappa shape index (κ3) is 1.53. The number of carbonyl (C=O) groups is 1. The Morgan fingerprint density at radius 2 is 2.17 bits per heavy atom. The lowest BCUT2D eigenvalue weighted by Gasteiger charge is -2.32. The topological polar surface area (TPSA) is 54.1 Å². The van der Waals surface area contributed by atoms with E-state index in [9.17, 15) is 4.79 Å². The van der Waals surface area contributed by atoms with E-state index < -0.39 is 5.54 Å². The number of nitrogens with one attached hydrogen (secondary N) is 2. The van der Waals surface area contributed by atoms with Gasteiger partial charge >= 0.3 is 5.97 Å².